The van der Waals surface area contributed by atoms with Gasteiger partial charge in [0.2, 0.25) is 5.91 Å². The number of rotatable bonds is 5. The molecule has 0 aliphatic heterocycles. The van der Waals surface area contributed by atoms with E-state index < -0.39 is 0 Å². The number of carbonyl (C=O) groups is 1. The van der Waals surface area contributed by atoms with Crippen LogP contribution >= 0.6 is 22.9 Å². The molecule has 2 aromatic heterocycles. The molecule has 0 aliphatic carbocycles. The molecule has 2 heterocycles. The summed E-state index contributed by atoms with van der Waals surface area (Å²) >= 11 is 7.04. The van der Waals surface area contributed by atoms with Gasteiger partial charge in [-0.25, -0.2) is 0 Å². The first-order chi connectivity index (χ1) is 10.0. The van der Waals surface area contributed by atoms with Crippen molar-refractivity contribution >= 4 is 28.8 Å². The van der Waals surface area contributed by atoms with Gasteiger partial charge in [-0.1, -0.05) is 6.92 Å². The number of hydrogen-bond donors (Lipinski definition) is 2. The van der Waals surface area contributed by atoms with Crippen LogP contribution in [0.1, 0.15) is 23.1 Å². The molecule has 0 saturated heterocycles. The number of halogens is 1. The van der Waals surface area contributed by atoms with Gasteiger partial charge in [-0.05, 0) is 31.5 Å². The number of H-pyrrole nitrogens is 1. The van der Waals surface area contributed by atoms with E-state index in [1.54, 1.807) is 11.3 Å². The highest BCUT2D eigenvalue weighted by Crippen LogP contribution is 2.29. The zero-order valence-corrected chi connectivity index (χ0v) is 13.5. The van der Waals surface area contributed by atoms with Gasteiger partial charge in [0, 0.05) is 26.6 Å². The third kappa shape index (κ3) is 3.74. The van der Waals surface area contributed by atoms with Crippen molar-refractivity contribution in [2.24, 2.45) is 0 Å². The number of hydrogen-bond acceptors (Lipinski definition) is 3. The predicted octanol–water partition coefficient (Wildman–Crippen LogP) is 2.83. The maximum absolute atomic E-state index is 11.8. The van der Waals surface area contributed by atoms with E-state index in [0.29, 0.717) is 13.0 Å². The Morgan fingerprint density at radius 3 is 2.86 bits per heavy atom. The fourth-order valence-electron chi connectivity index (χ4n) is 2.04. The minimum atomic E-state index is -0.180. The van der Waals surface area contributed by atoms with Crippen LogP contribution in [0.15, 0.2) is 23.0 Å². The predicted molar refractivity (Wildman–Crippen MR) is 87.1 cm³/mol. The monoisotopic (exact) mass is 324 g/mol. The van der Waals surface area contributed by atoms with Crippen LogP contribution in [0.25, 0.3) is 10.4 Å². The van der Waals surface area contributed by atoms with E-state index in [-0.39, 0.29) is 17.3 Å². The summed E-state index contributed by atoms with van der Waals surface area (Å²) in [5.74, 6) is -0.211. The van der Waals surface area contributed by atoms with Crippen LogP contribution in [-0.2, 0) is 17.8 Å². The second-order valence-electron chi connectivity index (χ2n) is 4.69. The fourth-order valence-corrected chi connectivity index (χ4v) is 3.15. The summed E-state index contributed by atoms with van der Waals surface area (Å²) in [6.07, 6.45) is 0.701. The third-order valence-electron chi connectivity index (χ3n) is 3.20. The third-order valence-corrected chi connectivity index (χ3v) is 4.57. The average molecular weight is 325 g/mol. The Balaban J connectivity index is 2.25. The van der Waals surface area contributed by atoms with E-state index in [9.17, 15) is 9.59 Å². The Morgan fingerprint density at radius 1 is 1.43 bits per heavy atom. The van der Waals surface area contributed by atoms with E-state index in [1.807, 2.05) is 32.0 Å². The molecular weight excluding hydrogens is 308 g/mol. The molecule has 2 aromatic rings. The number of pyridine rings is 1. The Bertz CT molecular complexity index is 706. The molecule has 0 saturated carbocycles. The molecule has 2 N–H and O–H groups in total. The first-order valence-corrected chi connectivity index (χ1v) is 8.04. The Labute approximate surface area is 132 Å². The van der Waals surface area contributed by atoms with Crippen LogP contribution in [0.4, 0.5) is 0 Å². The normalized spacial score (nSPS) is 10.6. The van der Waals surface area contributed by atoms with Crippen LogP contribution in [-0.4, -0.2) is 16.8 Å². The van der Waals surface area contributed by atoms with Crippen molar-refractivity contribution < 1.29 is 4.79 Å². The lowest BCUT2D eigenvalue weighted by molar-refractivity contribution is -0.118. The van der Waals surface area contributed by atoms with Gasteiger partial charge < -0.3 is 10.3 Å². The van der Waals surface area contributed by atoms with Crippen molar-refractivity contribution in [3.8, 4) is 10.4 Å². The summed E-state index contributed by atoms with van der Waals surface area (Å²) in [6, 6.07) is 5.93. The first kappa shape index (κ1) is 15.8. The lowest BCUT2D eigenvalue weighted by Crippen LogP contribution is -2.23. The van der Waals surface area contributed by atoms with Gasteiger partial charge in [0.15, 0.2) is 0 Å². The molecule has 4 nitrogen and oxygen atoms in total. The van der Waals surface area contributed by atoms with Gasteiger partial charge in [-0.2, -0.15) is 0 Å². The smallest absolute Gasteiger partial charge is 0.251 e. The van der Waals surface area contributed by atoms with Crippen LogP contribution in [0.3, 0.4) is 0 Å². The highest BCUT2D eigenvalue weighted by atomic mass is 35.5. The van der Waals surface area contributed by atoms with Crippen molar-refractivity contribution in [1.82, 2.24) is 10.3 Å². The summed E-state index contributed by atoms with van der Waals surface area (Å²) in [7, 11) is 0. The van der Waals surface area contributed by atoms with E-state index >= 15 is 0 Å². The summed E-state index contributed by atoms with van der Waals surface area (Å²) in [5.41, 5.74) is 2.65. The molecule has 0 atom stereocenters. The van der Waals surface area contributed by atoms with Gasteiger partial charge >= 0.3 is 0 Å². The first-order valence-electron chi connectivity index (χ1n) is 6.69. The number of aromatic nitrogens is 1. The number of aryl methyl sites for hydroxylation is 2. The molecule has 0 fully saturated rings. The van der Waals surface area contributed by atoms with E-state index in [0.717, 1.165) is 26.6 Å². The Hall–Kier alpha value is -1.59. The van der Waals surface area contributed by atoms with E-state index in [1.165, 1.54) is 0 Å². The molecule has 0 unspecified atom stereocenters. The molecule has 0 aliphatic rings. The number of carbonyl (C=O) groups excluding carboxylic acids is 1. The molecule has 0 radical (unpaired) electrons. The minimum Gasteiger partial charge on any atom is -0.350 e. The van der Waals surface area contributed by atoms with Gasteiger partial charge in [-0.15, -0.1) is 22.9 Å². The van der Waals surface area contributed by atoms with Crippen molar-refractivity contribution in [3.05, 3.63) is 44.7 Å². The standard InChI is InChI=1S/C15H17ClN2O2S/c1-3-10-6-12(9(2)18-15(10)20)13-5-4-11(21-13)8-17-14(19)7-16/h4-6H,3,7-8H2,1-2H3,(H,17,19)(H,18,20). The number of aromatic amines is 1. The second-order valence-corrected chi connectivity index (χ2v) is 6.13. The molecule has 112 valence electrons. The maximum Gasteiger partial charge on any atom is 0.251 e. The highest BCUT2D eigenvalue weighted by molar-refractivity contribution is 7.15. The zero-order chi connectivity index (χ0) is 15.4. The van der Waals surface area contributed by atoms with Crippen LogP contribution in [0.5, 0.6) is 0 Å². The van der Waals surface area contributed by atoms with Crippen LogP contribution < -0.4 is 10.9 Å². The van der Waals surface area contributed by atoms with E-state index in [2.05, 4.69) is 10.3 Å². The molecule has 0 spiro atoms. The maximum atomic E-state index is 11.8. The average Bonchev–Trinajstić information content (AvgIpc) is 2.93. The topological polar surface area (TPSA) is 62.0 Å². The summed E-state index contributed by atoms with van der Waals surface area (Å²) in [4.78, 5) is 27.9. The molecule has 2 rings (SSSR count). The number of amides is 1. The minimum absolute atomic E-state index is 0.0232. The summed E-state index contributed by atoms with van der Waals surface area (Å²) < 4.78 is 0. The highest BCUT2D eigenvalue weighted by Gasteiger charge is 2.10. The summed E-state index contributed by atoms with van der Waals surface area (Å²) in [5, 5.41) is 2.74. The quantitative estimate of drug-likeness (QED) is 0.831. The number of thiophene rings is 1. The van der Waals surface area contributed by atoms with Crippen molar-refractivity contribution in [2.75, 3.05) is 5.88 Å². The van der Waals surface area contributed by atoms with Crippen LogP contribution in [0.2, 0.25) is 0 Å². The lowest BCUT2D eigenvalue weighted by atomic mass is 10.1. The lowest BCUT2D eigenvalue weighted by Gasteiger charge is -2.05. The van der Waals surface area contributed by atoms with Gasteiger partial charge in [0.05, 0.1) is 6.54 Å². The molecule has 0 bridgehead atoms. The SMILES string of the molecule is CCc1cc(-c2ccc(CNC(=O)CCl)s2)c(C)[nH]c1=O. The fraction of sp³-hybridized carbons (Fsp3) is 0.333. The molecule has 21 heavy (non-hydrogen) atoms. The number of nitrogens with one attached hydrogen (secondary N) is 2. The molecular formula is C15H17ClN2O2S. The molecule has 6 heteroatoms. The Morgan fingerprint density at radius 2 is 2.19 bits per heavy atom. The zero-order valence-electron chi connectivity index (χ0n) is 12.0. The number of alkyl halides is 1. The van der Waals surface area contributed by atoms with Gasteiger partial charge in [0.25, 0.3) is 5.56 Å². The van der Waals surface area contributed by atoms with Crippen molar-refractivity contribution in [2.45, 2.75) is 26.8 Å². The van der Waals surface area contributed by atoms with Gasteiger partial charge in [0.1, 0.15) is 5.88 Å². The van der Waals surface area contributed by atoms with Gasteiger partial charge in [-0.3, -0.25) is 9.59 Å². The Kier molecular flexibility index (Phi) is 5.20. The van der Waals surface area contributed by atoms with Crippen molar-refractivity contribution in [3.63, 3.8) is 0 Å². The van der Waals surface area contributed by atoms with E-state index in [4.69, 9.17) is 11.6 Å². The summed E-state index contributed by atoms with van der Waals surface area (Å²) in [6.45, 7) is 4.33. The van der Waals surface area contributed by atoms with Crippen molar-refractivity contribution in [1.29, 1.82) is 0 Å². The largest absolute Gasteiger partial charge is 0.350 e. The molecule has 0 aromatic carbocycles. The second kappa shape index (κ2) is 6.91. The van der Waals surface area contributed by atoms with Crippen LogP contribution in [0, 0.1) is 6.92 Å². The molecule has 1 amide bonds.